The standard InChI is InChI=1S/C25H20FN3O5/c26-19-12-6-4-10-17(19)22-18-11-5-7-13-20(18)29(14-21(30)31)24(32)23(27-22)28-25(33)34-15-16-8-2-1-3-9-16/h1-13,23H,14-15H2,(H,28,33)(H,30,31). The molecule has 3 aromatic carbocycles. The zero-order valence-electron chi connectivity index (χ0n) is 17.8. The second kappa shape index (κ2) is 9.95. The lowest BCUT2D eigenvalue weighted by molar-refractivity contribution is -0.136. The van der Waals surface area contributed by atoms with Gasteiger partial charge in [0, 0.05) is 11.1 Å². The third-order valence-electron chi connectivity index (χ3n) is 5.10. The van der Waals surface area contributed by atoms with E-state index in [2.05, 4.69) is 10.3 Å². The fourth-order valence-electron chi connectivity index (χ4n) is 3.57. The lowest BCUT2D eigenvalue weighted by atomic mass is 10.00. The Hall–Kier alpha value is -4.53. The predicted octanol–water partition coefficient (Wildman–Crippen LogP) is 3.35. The van der Waals surface area contributed by atoms with Crippen LogP contribution in [0.2, 0.25) is 0 Å². The monoisotopic (exact) mass is 461 g/mol. The summed E-state index contributed by atoms with van der Waals surface area (Å²) in [6.07, 6.45) is -2.47. The van der Waals surface area contributed by atoms with Crippen molar-refractivity contribution in [3.05, 3.63) is 101 Å². The zero-order valence-corrected chi connectivity index (χ0v) is 17.8. The van der Waals surface area contributed by atoms with E-state index >= 15 is 0 Å². The largest absolute Gasteiger partial charge is 0.480 e. The number of carbonyl (C=O) groups excluding carboxylic acids is 2. The van der Waals surface area contributed by atoms with E-state index in [9.17, 15) is 23.9 Å². The maximum Gasteiger partial charge on any atom is 0.409 e. The van der Waals surface area contributed by atoms with Gasteiger partial charge >= 0.3 is 12.1 Å². The van der Waals surface area contributed by atoms with Crippen LogP contribution in [-0.4, -0.2) is 41.5 Å². The van der Waals surface area contributed by atoms with Crippen molar-refractivity contribution in [2.75, 3.05) is 11.4 Å². The van der Waals surface area contributed by atoms with Crippen LogP contribution in [-0.2, 0) is 20.9 Å². The fraction of sp³-hybridized carbons (Fsp3) is 0.120. The number of hydrogen-bond acceptors (Lipinski definition) is 5. The van der Waals surface area contributed by atoms with Gasteiger partial charge in [-0.15, -0.1) is 0 Å². The molecule has 0 spiro atoms. The van der Waals surface area contributed by atoms with E-state index in [4.69, 9.17) is 4.74 Å². The maximum atomic E-state index is 14.7. The fourth-order valence-corrected chi connectivity index (χ4v) is 3.57. The molecular formula is C25H20FN3O5. The molecule has 3 aromatic rings. The summed E-state index contributed by atoms with van der Waals surface area (Å²) in [5, 5.41) is 11.8. The number of carbonyl (C=O) groups is 3. The number of fused-ring (bicyclic) bond motifs is 1. The van der Waals surface area contributed by atoms with Gasteiger partial charge in [-0.1, -0.05) is 60.7 Å². The normalized spacial score (nSPS) is 15.1. The van der Waals surface area contributed by atoms with Crippen LogP contribution in [0, 0.1) is 5.82 Å². The summed E-state index contributed by atoms with van der Waals surface area (Å²) in [6.45, 7) is -0.719. The number of hydrogen-bond donors (Lipinski definition) is 2. The molecule has 1 unspecified atom stereocenters. The zero-order chi connectivity index (χ0) is 24.1. The van der Waals surface area contributed by atoms with Crippen molar-refractivity contribution < 1.29 is 28.6 Å². The molecule has 4 rings (SSSR count). The van der Waals surface area contributed by atoms with Gasteiger partial charge in [-0.3, -0.25) is 19.8 Å². The topological polar surface area (TPSA) is 108 Å². The highest BCUT2D eigenvalue weighted by Crippen LogP contribution is 2.29. The lowest BCUT2D eigenvalue weighted by Gasteiger charge is -2.23. The number of benzene rings is 3. The van der Waals surface area contributed by atoms with Crippen molar-refractivity contribution in [1.82, 2.24) is 5.32 Å². The molecule has 0 fully saturated rings. The van der Waals surface area contributed by atoms with E-state index in [1.165, 1.54) is 18.2 Å². The Balaban J connectivity index is 1.72. The number of nitrogens with zero attached hydrogens (tertiary/aromatic N) is 2. The van der Waals surface area contributed by atoms with Crippen LogP contribution in [0.4, 0.5) is 14.9 Å². The highest BCUT2D eigenvalue weighted by Gasteiger charge is 2.34. The van der Waals surface area contributed by atoms with Crippen molar-refractivity contribution in [3.8, 4) is 0 Å². The minimum Gasteiger partial charge on any atom is -0.480 e. The average Bonchev–Trinajstić information content (AvgIpc) is 2.94. The van der Waals surface area contributed by atoms with E-state index in [0.717, 1.165) is 10.5 Å². The minimum atomic E-state index is -1.54. The number of aliphatic imine (C=N–C) groups is 1. The number of anilines is 1. The first-order valence-electron chi connectivity index (χ1n) is 10.4. The summed E-state index contributed by atoms with van der Waals surface area (Å²) in [6, 6.07) is 21.3. The first-order chi connectivity index (χ1) is 16.4. The van der Waals surface area contributed by atoms with Crippen LogP contribution in [0.5, 0.6) is 0 Å². The Morgan fingerprint density at radius 2 is 1.62 bits per heavy atom. The number of rotatable bonds is 6. The molecule has 34 heavy (non-hydrogen) atoms. The Morgan fingerprint density at radius 3 is 2.32 bits per heavy atom. The SMILES string of the molecule is O=C(O)CN1C(=O)C(NC(=O)OCc2ccccc2)N=C(c2ccccc2F)c2ccccc21. The van der Waals surface area contributed by atoms with E-state index in [1.54, 1.807) is 54.6 Å². The molecule has 0 saturated heterocycles. The molecule has 0 aromatic heterocycles. The van der Waals surface area contributed by atoms with Crippen LogP contribution in [0.3, 0.4) is 0 Å². The van der Waals surface area contributed by atoms with Gasteiger partial charge in [-0.25, -0.2) is 14.2 Å². The molecule has 1 aliphatic rings. The third-order valence-corrected chi connectivity index (χ3v) is 5.10. The summed E-state index contributed by atoms with van der Waals surface area (Å²) in [5.74, 6) is -2.64. The van der Waals surface area contributed by atoms with E-state index < -0.39 is 36.5 Å². The number of carboxylic acid groups (broad SMARTS) is 1. The summed E-state index contributed by atoms with van der Waals surface area (Å²) < 4.78 is 19.9. The second-order valence-electron chi connectivity index (χ2n) is 7.40. The number of benzodiazepines with no additional fused rings is 1. The summed E-state index contributed by atoms with van der Waals surface area (Å²) >= 11 is 0. The van der Waals surface area contributed by atoms with E-state index in [1.807, 2.05) is 6.07 Å². The molecule has 0 aliphatic carbocycles. The van der Waals surface area contributed by atoms with Gasteiger partial charge in [0.15, 0.2) is 0 Å². The van der Waals surface area contributed by atoms with E-state index in [-0.39, 0.29) is 23.6 Å². The molecule has 2 N–H and O–H groups in total. The predicted molar refractivity (Wildman–Crippen MR) is 122 cm³/mol. The first-order valence-corrected chi connectivity index (χ1v) is 10.4. The van der Waals surface area contributed by atoms with Gasteiger partial charge in [0.05, 0.1) is 11.4 Å². The van der Waals surface area contributed by atoms with Gasteiger partial charge < -0.3 is 9.84 Å². The number of nitrogens with one attached hydrogen (secondary N) is 1. The van der Waals surface area contributed by atoms with Crippen molar-refractivity contribution in [2.45, 2.75) is 12.8 Å². The van der Waals surface area contributed by atoms with Gasteiger partial charge in [0.25, 0.3) is 5.91 Å². The number of ether oxygens (including phenoxy) is 1. The maximum absolute atomic E-state index is 14.7. The summed E-state index contributed by atoms with van der Waals surface area (Å²) in [5.41, 5.74) is 1.52. The molecule has 2 amide bonds. The number of aliphatic carboxylic acids is 1. The molecule has 1 heterocycles. The van der Waals surface area contributed by atoms with Crippen molar-refractivity contribution in [1.29, 1.82) is 0 Å². The molecule has 0 radical (unpaired) electrons. The average molecular weight is 461 g/mol. The number of halogens is 1. The van der Waals surface area contributed by atoms with Crippen LogP contribution in [0.15, 0.2) is 83.9 Å². The van der Waals surface area contributed by atoms with Crippen LogP contribution < -0.4 is 10.2 Å². The van der Waals surface area contributed by atoms with Crippen LogP contribution in [0.1, 0.15) is 16.7 Å². The van der Waals surface area contributed by atoms with Gasteiger partial charge in [0.2, 0.25) is 6.17 Å². The molecule has 1 aliphatic heterocycles. The Morgan fingerprint density at radius 1 is 0.971 bits per heavy atom. The van der Waals surface area contributed by atoms with Crippen molar-refractivity contribution in [2.24, 2.45) is 4.99 Å². The molecule has 8 nitrogen and oxygen atoms in total. The van der Waals surface area contributed by atoms with Gasteiger partial charge in [-0.05, 0) is 23.8 Å². The van der Waals surface area contributed by atoms with Crippen molar-refractivity contribution in [3.63, 3.8) is 0 Å². The summed E-state index contributed by atoms with van der Waals surface area (Å²) in [4.78, 5) is 42.7. The number of carboxylic acids is 1. The van der Waals surface area contributed by atoms with Crippen LogP contribution in [0.25, 0.3) is 0 Å². The third kappa shape index (κ3) is 4.93. The highest BCUT2D eigenvalue weighted by atomic mass is 19.1. The number of alkyl carbamates (subject to hydrolysis) is 1. The molecular weight excluding hydrogens is 441 g/mol. The quantitative estimate of drug-likeness (QED) is 0.585. The molecule has 1 atom stereocenters. The first kappa shape index (κ1) is 22.7. The number of para-hydroxylation sites is 1. The Kier molecular flexibility index (Phi) is 6.63. The molecule has 0 saturated carbocycles. The molecule has 9 heteroatoms. The van der Waals surface area contributed by atoms with Gasteiger partial charge in [0.1, 0.15) is 19.0 Å². The van der Waals surface area contributed by atoms with Gasteiger partial charge in [-0.2, -0.15) is 0 Å². The smallest absolute Gasteiger partial charge is 0.409 e. The Labute approximate surface area is 194 Å². The van der Waals surface area contributed by atoms with Crippen LogP contribution >= 0.6 is 0 Å². The second-order valence-corrected chi connectivity index (χ2v) is 7.40. The minimum absolute atomic E-state index is 0.0451. The Bertz CT molecular complexity index is 1260. The van der Waals surface area contributed by atoms with Crippen molar-refractivity contribution >= 4 is 29.4 Å². The summed E-state index contributed by atoms with van der Waals surface area (Å²) in [7, 11) is 0. The number of amides is 2. The highest BCUT2D eigenvalue weighted by molar-refractivity contribution is 6.20. The van der Waals surface area contributed by atoms with E-state index in [0.29, 0.717) is 5.56 Å². The molecule has 172 valence electrons. The molecule has 0 bridgehead atoms. The lowest BCUT2D eigenvalue weighted by Crippen LogP contribution is -2.49.